The minimum atomic E-state index is -0.940. The predicted octanol–water partition coefficient (Wildman–Crippen LogP) is -0.531. The Kier molecular flexibility index (Phi) is 9.65. The maximum absolute atomic E-state index is 9.23. The molecule has 102 valence electrons. The van der Waals surface area contributed by atoms with E-state index in [0.29, 0.717) is 0 Å². The topological polar surface area (TPSA) is 84.6 Å². The average Bonchev–Trinajstić information content (AvgIpc) is 2.46. The standard InChI is InChI=1S/C13H13O.CH4N2O2.K/c1-3-10-4-5-12-9-13(14-2)7-6-11(12)8-10;2-1(4)3-5;/h3-9H,1-2H3;5H,(H3,2,3,4);/q-1;;+1. The summed E-state index contributed by atoms with van der Waals surface area (Å²) < 4.78 is 5.17. The predicted molar refractivity (Wildman–Crippen MR) is 74.1 cm³/mol. The molecule has 6 heteroatoms. The zero-order valence-electron chi connectivity index (χ0n) is 11.9. The summed E-state index contributed by atoms with van der Waals surface area (Å²) in [6.07, 6.45) is 2.10. The smallest absolute Gasteiger partial charge is 0.497 e. The van der Waals surface area contributed by atoms with E-state index in [1.807, 2.05) is 13.0 Å². The molecule has 0 aromatic heterocycles. The molecule has 0 unspecified atom stereocenters. The average molecular weight is 300 g/mol. The molecule has 2 amide bonds. The number of rotatable bonds is 2. The number of fused-ring (bicyclic) bond motifs is 1. The second-order valence-electron chi connectivity index (χ2n) is 3.74. The molecule has 0 saturated heterocycles. The molecule has 0 fully saturated rings. The number of nitrogens with two attached hydrogens (primary N) is 1. The molecule has 0 aliphatic rings. The van der Waals surface area contributed by atoms with E-state index in [2.05, 4.69) is 42.5 Å². The summed E-state index contributed by atoms with van der Waals surface area (Å²) in [6, 6.07) is 11.6. The van der Waals surface area contributed by atoms with E-state index < -0.39 is 6.03 Å². The van der Waals surface area contributed by atoms with Gasteiger partial charge in [0.05, 0.1) is 7.11 Å². The van der Waals surface area contributed by atoms with Crippen LogP contribution < -0.4 is 67.3 Å². The number of ether oxygens (including phenoxy) is 1. The Balaban J connectivity index is 0.000000526. The van der Waals surface area contributed by atoms with E-state index in [1.165, 1.54) is 21.8 Å². The van der Waals surface area contributed by atoms with Crippen molar-refractivity contribution in [2.45, 2.75) is 6.92 Å². The number of carbonyl (C=O) groups excluding carboxylic acids is 1. The summed E-state index contributed by atoms with van der Waals surface area (Å²) in [5, 5.41) is 9.89. The number of benzene rings is 2. The second kappa shape index (κ2) is 10.0. The SMILES string of the molecule is C[CH-]c1ccc2cc(OC)ccc2c1.NC(=O)NO.[K+]. The van der Waals surface area contributed by atoms with Gasteiger partial charge in [0.15, 0.2) is 0 Å². The minimum Gasteiger partial charge on any atom is -0.497 e. The quantitative estimate of drug-likeness (QED) is 0.302. The van der Waals surface area contributed by atoms with Crippen molar-refractivity contribution in [1.29, 1.82) is 0 Å². The summed E-state index contributed by atoms with van der Waals surface area (Å²) in [7, 11) is 1.69. The first kappa shape index (κ1) is 19.2. The molecule has 0 aliphatic carbocycles. The summed E-state index contributed by atoms with van der Waals surface area (Å²) in [5.41, 5.74) is 6.71. The van der Waals surface area contributed by atoms with Crippen molar-refractivity contribution in [3.05, 3.63) is 48.4 Å². The fourth-order valence-corrected chi connectivity index (χ4v) is 1.55. The molecule has 0 aliphatic heterocycles. The molecule has 2 aromatic carbocycles. The van der Waals surface area contributed by atoms with Gasteiger partial charge in [-0.3, -0.25) is 5.21 Å². The molecule has 0 radical (unpaired) electrons. The number of primary amides is 1. The first-order valence-corrected chi connectivity index (χ1v) is 5.67. The van der Waals surface area contributed by atoms with Crippen LogP contribution in [0.5, 0.6) is 5.75 Å². The van der Waals surface area contributed by atoms with Gasteiger partial charge in [-0.25, -0.2) is 10.3 Å². The largest absolute Gasteiger partial charge is 1.00 e. The van der Waals surface area contributed by atoms with E-state index in [-0.39, 0.29) is 51.4 Å². The van der Waals surface area contributed by atoms with Gasteiger partial charge in [-0.15, -0.1) is 6.07 Å². The number of nitrogens with one attached hydrogen (secondary N) is 1. The van der Waals surface area contributed by atoms with Crippen LogP contribution in [0.4, 0.5) is 4.79 Å². The summed E-state index contributed by atoms with van der Waals surface area (Å²) in [5.74, 6) is 0.908. The maximum Gasteiger partial charge on any atom is 1.00 e. The van der Waals surface area contributed by atoms with Crippen LogP contribution >= 0.6 is 0 Å². The fraction of sp³-hybridized carbons (Fsp3) is 0.143. The number of hydroxylamine groups is 1. The molecule has 0 heterocycles. The third-order valence-corrected chi connectivity index (χ3v) is 2.51. The number of amides is 2. The van der Waals surface area contributed by atoms with E-state index in [0.717, 1.165) is 5.75 Å². The van der Waals surface area contributed by atoms with Crippen molar-refractivity contribution in [2.24, 2.45) is 5.73 Å². The Hall–Kier alpha value is -0.764. The van der Waals surface area contributed by atoms with Crippen molar-refractivity contribution in [3.63, 3.8) is 0 Å². The van der Waals surface area contributed by atoms with Crippen LogP contribution in [0, 0.1) is 6.42 Å². The van der Waals surface area contributed by atoms with Crippen LogP contribution in [0.1, 0.15) is 12.5 Å². The molecule has 4 N–H and O–H groups in total. The molecular weight excluding hydrogens is 283 g/mol. The number of hydrogen-bond donors (Lipinski definition) is 3. The minimum absolute atomic E-state index is 0. The molecule has 0 atom stereocenters. The summed E-state index contributed by atoms with van der Waals surface area (Å²) in [4.78, 5) is 9.23. The van der Waals surface area contributed by atoms with Crippen LogP contribution in [-0.4, -0.2) is 18.3 Å². The Morgan fingerprint density at radius 1 is 1.25 bits per heavy atom. The van der Waals surface area contributed by atoms with Crippen molar-refractivity contribution in [1.82, 2.24) is 5.48 Å². The Morgan fingerprint density at radius 2 is 1.80 bits per heavy atom. The van der Waals surface area contributed by atoms with Crippen LogP contribution in [0.25, 0.3) is 10.8 Å². The van der Waals surface area contributed by atoms with Gasteiger partial charge in [0.25, 0.3) is 0 Å². The van der Waals surface area contributed by atoms with Gasteiger partial charge >= 0.3 is 57.4 Å². The van der Waals surface area contributed by atoms with Crippen molar-refractivity contribution >= 4 is 16.8 Å². The van der Waals surface area contributed by atoms with Gasteiger partial charge in [0, 0.05) is 0 Å². The van der Waals surface area contributed by atoms with Gasteiger partial charge in [0.2, 0.25) is 0 Å². The monoisotopic (exact) mass is 300 g/mol. The van der Waals surface area contributed by atoms with Crippen LogP contribution in [0.2, 0.25) is 0 Å². The van der Waals surface area contributed by atoms with Crippen molar-refractivity contribution in [2.75, 3.05) is 7.11 Å². The third-order valence-electron chi connectivity index (χ3n) is 2.51. The Labute approximate surface area is 160 Å². The van der Waals surface area contributed by atoms with Crippen LogP contribution in [0.15, 0.2) is 36.4 Å². The number of urea groups is 1. The molecule has 20 heavy (non-hydrogen) atoms. The van der Waals surface area contributed by atoms with Crippen LogP contribution in [0.3, 0.4) is 0 Å². The maximum atomic E-state index is 9.23. The Morgan fingerprint density at radius 3 is 2.30 bits per heavy atom. The first-order valence-electron chi connectivity index (χ1n) is 5.67. The number of methoxy groups -OCH3 is 1. The normalized spacial score (nSPS) is 8.75. The van der Waals surface area contributed by atoms with E-state index in [1.54, 1.807) is 7.11 Å². The van der Waals surface area contributed by atoms with Crippen molar-refractivity contribution in [3.8, 4) is 5.75 Å². The van der Waals surface area contributed by atoms with Gasteiger partial charge in [-0.2, -0.15) is 24.1 Å². The van der Waals surface area contributed by atoms with Gasteiger partial charge in [0.1, 0.15) is 5.75 Å². The van der Waals surface area contributed by atoms with Gasteiger partial charge in [-0.05, 0) is 17.5 Å². The zero-order valence-corrected chi connectivity index (χ0v) is 15.0. The van der Waals surface area contributed by atoms with Gasteiger partial charge < -0.3 is 10.5 Å². The van der Waals surface area contributed by atoms with E-state index in [4.69, 9.17) is 9.94 Å². The van der Waals surface area contributed by atoms with Gasteiger partial charge in [-0.1, -0.05) is 18.4 Å². The second-order valence-corrected chi connectivity index (χ2v) is 3.74. The molecule has 0 spiro atoms. The molecular formula is C14H17KN2O3. The molecule has 0 bridgehead atoms. The Bertz CT molecular complexity index is 518. The molecule has 2 aromatic rings. The number of hydrogen-bond acceptors (Lipinski definition) is 3. The van der Waals surface area contributed by atoms with E-state index >= 15 is 0 Å². The third kappa shape index (κ3) is 6.13. The van der Waals surface area contributed by atoms with E-state index in [9.17, 15) is 4.79 Å². The first-order chi connectivity index (χ1) is 9.10. The molecule has 0 saturated carbocycles. The molecule has 5 nitrogen and oxygen atoms in total. The zero-order chi connectivity index (χ0) is 14.3. The van der Waals surface area contributed by atoms with Crippen molar-refractivity contribution < 1.29 is 66.1 Å². The molecule has 2 rings (SSSR count). The fourth-order valence-electron chi connectivity index (χ4n) is 1.55. The summed E-state index contributed by atoms with van der Waals surface area (Å²) in [6.45, 7) is 2.05. The number of carbonyl (C=O) groups is 1. The van der Waals surface area contributed by atoms with Crippen LogP contribution in [-0.2, 0) is 0 Å². The summed E-state index contributed by atoms with van der Waals surface area (Å²) >= 11 is 0.